The summed E-state index contributed by atoms with van der Waals surface area (Å²) in [5.41, 5.74) is 4.67. The van der Waals surface area contributed by atoms with Gasteiger partial charge in [0.2, 0.25) is 0 Å². The highest BCUT2D eigenvalue weighted by atomic mass is 32.1. The number of β-amino-alcohol motifs (C(OH)–C–C–N with tert-alkyl or cyclic N) is 1. The summed E-state index contributed by atoms with van der Waals surface area (Å²) in [7, 11) is 0. The van der Waals surface area contributed by atoms with Crippen molar-refractivity contribution in [2.45, 2.75) is 38.5 Å². The van der Waals surface area contributed by atoms with Crippen LogP contribution in [0.25, 0.3) is 16.0 Å². The Labute approximate surface area is 176 Å². The molecular weight excluding hydrogens is 382 g/mol. The second-order valence-electron chi connectivity index (χ2n) is 8.11. The first-order valence-electron chi connectivity index (χ1n) is 10.7. The summed E-state index contributed by atoms with van der Waals surface area (Å²) in [6, 6.07) is 12.2. The average Bonchev–Trinajstić information content (AvgIpc) is 3.21. The van der Waals surface area contributed by atoms with E-state index < -0.39 is 5.97 Å². The van der Waals surface area contributed by atoms with Gasteiger partial charge in [-0.3, -0.25) is 4.90 Å². The quantitative estimate of drug-likeness (QED) is 0.690. The molecule has 0 spiro atoms. The lowest BCUT2D eigenvalue weighted by Gasteiger charge is -2.36. The van der Waals surface area contributed by atoms with Crippen molar-refractivity contribution in [3.8, 4) is 10.4 Å². The van der Waals surface area contributed by atoms with Gasteiger partial charge in [0, 0.05) is 30.1 Å². The van der Waals surface area contributed by atoms with E-state index in [0.29, 0.717) is 17.3 Å². The Bertz CT molecular complexity index is 881. The van der Waals surface area contributed by atoms with Gasteiger partial charge < -0.3 is 10.2 Å². The molecule has 0 unspecified atom stereocenters. The van der Waals surface area contributed by atoms with Crippen molar-refractivity contribution in [3.05, 3.63) is 52.4 Å². The molecule has 2 aliphatic rings. The first-order valence-corrected chi connectivity index (χ1v) is 11.5. The van der Waals surface area contributed by atoms with Crippen LogP contribution in [-0.4, -0.2) is 47.3 Å². The number of aromatic carboxylic acids is 1. The van der Waals surface area contributed by atoms with E-state index in [1.165, 1.54) is 54.6 Å². The number of hydrogen-bond donors (Lipinski definition) is 2. The lowest BCUT2D eigenvalue weighted by Crippen LogP contribution is -2.36. The largest absolute Gasteiger partial charge is 0.477 e. The Morgan fingerprint density at radius 1 is 1.14 bits per heavy atom. The first kappa shape index (κ1) is 20.3. The van der Waals surface area contributed by atoms with Gasteiger partial charge in [0.05, 0.1) is 6.61 Å². The summed E-state index contributed by atoms with van der Waals surface area (Å²) in [6.45, 7) is 2.59. The van der Waals surface area contributed by atoms with Crippen molar-refractivity contribution in [1.82, 2.24) is 4.90 Å². The number of thiophene rings is 1. The standard InChI is InChI=1S/C24H29NO3S/c26-14-13-25-12-11-19(21(16-25)17-7-3-1-4-8-17)20-15-22(29-23(20)24(27)28)18-9-5-2-6-10-18/h2,5-6,9-10,15,17,26H,1,3-4,7-8,11-14,16H2,(H,27,28). The van der Waals surface area contributed by atoms with Crippen LogP contribution in [0.3, 0.4) is 0 Å². The zero-order chi connectivity index (χ0) is 20.2. The smallest absolute Gasteiger partial charge is 0.346 e. The minimum Gasteiger partial charge on any atom is -0.477 e. The van der Waals surface area contributed by atoms with Crippen molar-refractivity contribution in [3.63, 3.8) is 0 Å². The van der Waals surface area contributed by atoms with E-state index in [4.69, 9.17) is 0 Å². The molecule has 2 N–H and O–H groups in total. The van der Waals surface area contributed by atoms with Crippen LogP contribution in [0.5, 0.6) is 0 Å². The van der Waals surface area contributed by atoms with Gasteiger partial charge in [-0.1, -0.05) is 49.6 Å². The molecule has 0 atom stereocenters. The van der Waals surface area contributed by atoms with E-state index in [9.17, 15) is 15.0 Å². The maximum atomic E-state index is 12.1. The van der Waals surface area contributed by atoms with Gasteiger partial charge in [-0.05, 0) is 48.0 Å². The van der Waals surface area contributed by atoms with Gasteiger partial charge in [0.1, 0.15) is 4.88 Å². The molecule has 0 radical (unpaired) electrons. The third-order valence-electron chi connectivity index (χ3n) is 6.28. The first-order chi connectivity index (χ1) is 14.2. The summed E-state index contributed by atoms with van der Waals surface area (Å²) in [5, 5.41) is 19.3. The second-order valence-corrected chi connectivity index (χ2v) is 9.17. The summed E-state index contributed by atoms with van der Waals surface area (Å²) in [6.07, 6.45) is 7.07. The highest BCUT2D eigenvalue weighted by Crippen LogP contribution is 2.42. The molecule has 4 rings (SSSR count). The van der Waals surface area contributed by atoms with Crippen LogP contribution in [0.1, 0.15) is 53.8 Å². The SMILES string of the molecule is O=C(O)c1sc(-c2ccccc2)cc1C1=C(C2CCCCC2)CN(CCO)CC1. The number of nitrogens with zero attached hydrogens (tertiary/aromatic N) is 1. The Kier molecular flexibility index (Phi) is 6.48. The second kappa shape index (κ2) is 9.24. The highest BCUT2D eigenvalue weighted by molar-refractivity contribution is 7.17. The molecule has 0 saturated heterocycles. The van der Waals surface area contributed by atoms with Crippen molar-refractivity contribution in [2.75, 3.05) is 26.2 Å². The molecular formula is C24H29NO3S. The van der Waals surface area contributed by atoms with E-state index in [-0.39, 0.29) is 6.61 Å². The van der Waals surface area contributed by atoms with Crippen LogP contribution in [0, 0.1) is 5.92 Å². The molecule has 1 fully saturated rings. The molecule has 2 heterocycles. The molecule has 154 valence electrons. The number of carboxylic acid groups (broad SMARTS) is 1. The van der Waals surface area contributed by atoms with Crippen LogP contribution >= 0.6 is 11.3 Å². The topological polar surface area (TPSA) is 60.8 Å². The van der Waals surface area contributed by atoms with Crippen LogP contribution in [-0.2, 0) is 0 Å². The summed E-state index contributed by atoms with van der Waals surface area (Å²) in [4.78, 5) is 15.9. The van der Waals surface area contributed by atoms with Crippen molar-refractivity contribution in [1.29, 1.82) is 0 Å². The fraction of sp³-hybridized carbons (Fsp3) is 0.458. The van der Waals surface area contributed by atoms with Crippen molar-refractivity contribution in [2.24, 2.45) is 5.92 Å². The fourth-order valence-corrected chi connectivity index (χ4v) is 5.86. The molecule has 29 heavy (non-hydrogen) atoms. The van der Waals surface area contributed by atoms with Gasteiger partial charge in [-0.25, -0.2) is 4.79 Å². The van der Waals surface area contributed by atoms with Gasteiger partial charge in [-0.15, -0.1) is 11.3 Å². The van der Waals surface area contributed by atoms with Gasteiger partial charge in [0.15, 0.2) is 0 Å². The molecule has 1 saturated carbocycles. The molecule has 1 aliphatic carbocycles. The third-order valence-corrected chi connectivity index (χ3v) is 7.46. The predicted molar refractivity (Wildman–Crippen MR) is 118 cm³/mol. The normalized spacial score (nSPS) is 18.9. The minimum atomic E-state index is -0.833. The number of aliphatic hydroxyl groups excluding tert-OH is 1. The number of benzene rings is 1. The van der Waals surface area contributed by atoms with Crippen LogP contribution in [0.4, 0.5) is 0 Å². The Balaban J connectivity index is 1.78. The highest BCUT2D eigenvalue weighted by Gasteiger charge is 2.29. The monoisotopic (exact) mass is 411 g/mol. The molecule has 5 heteroatoms. The van der Waals surface area contributed by atoms with E-state index in [0.717, 1.165) is 35.5 Å². The predicted octanol–water partition coefficient (Wildman–Crippen LogP) is 5.15. The number of hydrogen-bond acceptors (Lipinski definition) is 4. The summed E-state index contributed by atoms with van der Waals surface area (Å²) in [5.74, 6) is -0.289. The molecule has 1 aromatic heterocycles. The van der Waals surface area contributed by atoms with Crippen LogP contribution in [0.15, 0.2) is 42.0 Å². The van der Waals surface area contributed by atoms with Crippen molar-refractivity contribution < 1.29 is 15.0 Å². The molecule has 2 aromatic rings. The Hall–Kier alpha value is -1.95. The van der Waals surface area contributed by atoms with E-state index in [1.54, 1.807) is 0 Å². The van der Waals surface area contributed by atoms with Gasteiger partial charge in [0.25, 0.3) is 0 Å². The molecule has 1 aliphatic heterocycles. The molecule has 0 bridgehead atoms. The third kappa shape index (κ3) is 4.47. The molecule has 0 amide bonds. The minimum absolute atomic E-state index is 0.171. The number of rotatable bonds is 6. The van der Waals surface area contributed by atoms with Gasteiger partial charge in [-0.2, -0.15) is 0 Å². The van der Waals surface area contributed by atoms with Gasteiger partial charge >= 0.3 is 5.97 Å². The lowest BCUT2D eigenvalue weighted by molar-refractivity contribution is 0.0702. The Morgan fingerprint density at radius 2 is 1.90 bits per heavy atom. The maximum absolute atomic E-state index is 12.1. The molecule has 1 aromatic carbocycles. The fourth-order valence-electron chi connectivity index (χ4n) is 4.83. The molecule has 4 nitrogen and oxygen atoms in total. The van der Waals surface area contributed by atoms with Crippen molar-refractivity contribution >= 4 is 22.9 Å². The van der Waals surface area contributed by atoms with Crippen LogP contribution in [0.2, 0.25) is 0 Å². The average molecular weight is 412 g/mol. The van der Waals surface area contributed by atoms with Crippen LogP contribution < -0.4 is 0 Å². The van der Waals surface area contributed by atoms with E-state index in [2.05, 4.69) is 11.0 Å². The maximum Gasteiger partial charge on any atom is 0.346 e. The number of aliphatic hydroxyl groups is 1. The summed E-state index contributed by atoms with van der Waals surface area (Å²) >= 11 is 1.39. The summed E-state index contributed by atoms with van der Waals surface area (Å²) < 4.78 is 0. The zero-order valence-corrected chi connectivity index (χ0v) is 17.6. The lowest BCUT2D eigenvalue weighted by atomic mass is 9.78. The Morgan fingerprint density at radius 3 is 2.59 bits per heavy atom. The van der Waals surface area contributed by atoms with E-state index in [1.807, 2.05) is 30.3 Å². The number of carbonyl (C=O) groups is 1. The van der Waals surface area contributed by atoms with E-state index >= 15 is 0 Å². The number of carboxylic acids is 1. The zero-order valence-electron chi connectivity index (χ0n) is 16.8.